The molecule has 4 heterocycles. The van der Waals surface area contributed by atoms with Crippen LogP contribution in [0, 0.1) is 17.6 Å². The van der Waals surface area contributed by atoms with Crippen LogP contribution in [0.5, 0.6) is 0 Å². The molecule has 3 N–H and O–H groups in total. The maximum Gasteiger partial charge on any atom is 0.337 e. The van der Waals surface area contributed by atoms with Crippen molar-refractivity contribution in [2.24, 2.45) is 5.92 Å². The molecule has 1 unspecified atom stereocenters. The van der Waals surface area contributed by atoms with Gasteiger partial charge in [-0.2, -0.15) is 0 Å². The molecule has 0 saturated carbocycles. The Bertz CT molecular complexity index is 2220. The number of hydrogen-bond donors (Lipinski definition) is 3. The second-order valence-electron chi connectivity index (χ2n) is 14.4. The van der Waals surface area contributed by atoms with E-state index >= 15 is 0 Å². The van der Waals surface area contributed by atoms with Crippen molar-refractivity contribution in [3.05, 3.63) is 82.7 Å². The summed E-state index contributed by atoms with van der Waals surface area (Å²) in [6.45, 7) is 5.04. The highest BCUT2D eigenvalue weighted by Gasteiger charge is 2.54. The van der Waals surface area contributed by atoms with Crippen LogP contribution in [-0.4, -0.2) is 87.9 Å². The summed E-state index contributed by atoms with van der Waals surface area (Å²) >= 11 is 5.93. The van der Waals surface area contributed by atoms with Gasteiger partial charge in [-0.25, -0.2) is 13.6 Å². The van der Waals surface area contributed by atoms with Crippen molar-refractivity contribution in [3.63, 3.8) is 0 Å². The largest absolute Gasteiger partial charge is 0.479 e. The van der Waals surface area contributed by atoms with Crippen molar-refractivity contribution in [3.8, 4) is 11.1 Å². The minimum atomic E-state index is -1.87. The van der Waals surface area contributed by atoms with Gasteiger partial charge in [-0.1, -0.05) is 31.0 Å². The summed E-state index contributed by atoms with van der Waals surface area (Å²) in [4.78, 5) is 82.4. The van der Waals surface area contributed by atoms with Crippen molar-refractivity contribution in [1.82, 2.24) is 9.88 Å². The molecule has 0 radical (unpaired) electrons. The highest BCUT2D eigenvalue weighted by Crippen LogP contribution is 2.39. The zero-order valence-corrected chi connectivity index (χ0v) is 33.1. The number of carbonyl (C=O) groups is 6. The standard InChI is InChI=1S/C41H41ClF2N4O11/c1-19-6-5-7-31(48-15-13-24(17-32(48)52)33-28(43)11-10-27(42)34(33)44)30-16-23(12-14-45-30)26-9-8-25(18-29(26)47-39(19)53)46-40-37(58-22(4)51)35(56-20(2)49)36(57-21(3)50)38(59-40)41(54)55/h8-12,14,16-19,31,35-38,40,46H,5-7,13,15H2,1-4H3,(H,47,53)(H,54,55)/t19-,31+,35+,36+,37-,38+,40?/m1/s1. The second-order valence-corrected chi connectivity index (χ2v) is 14.8. The lowest BCUT2D eigenvalue weighted by molar-refractivity contribution is -0.243. The molecule has 312 valence electrons. The lowest BCUT2D eigenvalue weighted by atomic mass is 9.92. The second kappa shape index (κ2) is 17.9. The predicted octanol–water partition coefficient (Wildman–Crippen LogP) is 5.81. The van der Waals surface area contributed by atoms with E-state index in [9.17, 15) is 42.7 Å². The van der Waals surface area contributed by atoms with Gasteiger partial charge in [-0.05, 0) is 66.8 Å². The summed E-state index contributed by atoms with van der Waals surface area (Å²) in [5, 5.41) is 15.8. The molecule has 0 spiro atoms. The third kappa shape index (κ3) is 9.52. The molecule has 2 amide bonds. The summed E-state index contributed by atoms with van der Waals surface area (Å²) in [5.74, 6) is -7.23. The molecule has 0 aliphatic carbocycles. The first-order valence-corrected chi connectivity index (χ1v) is 19.1. The van der Waals surface area contributed by atoms with E-state index in [4.69, 9.17) is 30.5 Å². The number of fused-ring (bicyclic) bond motifs is 4. The first-order valence-electron chi connectivity index (χ1n) is 18.7. The molecule has 1 aromatic heterocycles. The normalized spacial score (nSPS) is 24.6. The fourth-order valence-electron chi connectivity index (χ4n) is 7.53. The maximum atomic E-state index is 14.9. The molecule has 1 saturated heterocycles. The van der Waals surface area contributed by atoms with Crippen LogP contribution in [0.25, 0.3) is 16.7 Å². The van der Waals surface area contributed by atoms with Gasteiger partial charge in [0.2, 0.25) is 11.8 Å². The van der Waals surface area contributed by atoms with Crippen LogP contribution in [-0.2, 0) is 47.7 Å². The van der Waals surface area contributed by atoms with Crippen LogP contribution in [0.4, 0.5) is 20.2 Å². The molecule has 3 aliphatic rings. The lowest BCUT2D eigenvalue weighted by Crippen LogP contribution is -2.64. The van der Waals surface area contributed by atoms with E-state index in [1.165, 1.54) is 6.08 Å². The molecule has 3 aromatic rings. The number of esters is 3. The summed E-state index contributed by atoms with van der Waals surface area (Å²) in [5.41, 5.74) is 2.10. The number of benzene rings is 2. The van der Waals surface area contributed by atoms with Gasteiger partial charge in [0.1, 0.15) is 5.82 Å². The number of carbonyl (C=O) groups excluding carboxylic acids is 5. The monoisotopic (exact) mass is 838 g/mol. The van der Waals surface area contributed by atoms with E-state index in [1.54, 1.807) is 48.4 Å². The summed E-state index contributed by atoms with van der Waals surface area (Å²) in [6.07, 6.45) is -3.85. The quantitative estimate of drug-likeness (QED) is 0.140. The Morgan fingerprint density at radius 1 is 0.949 bits per heavy atom. The molecule has 18 heteroatoms. The molecule has 3 aliphatic heterocycles. The number of aliphatic carboxylic acids is 1. The molecule has 15 nitrogen and oxygen atoms in total. The zero-order valence-electron chi connectivity index (χ0n) is 32.3. The number of ether oxygens (including phenoxy) is 4. The van der Waals surface area contributed by atoms with Gasteiger partial charge in [0.05, 0.1) is 28.0 Å². The van der Waals surface area contributed by atoms with Gasteiger partial charge < -0.3 is 39.6 Å². The fraction of sp³-hybridized carbons (Fsp3) is 0.390. The van der Waals surface area contributed by atoms with Crippen molar-refractivity contribution < 1.29 is 61.6 Å². The smallest absolute Gasteiger partial charge is 0.337 e. The van der Waals surface area contributed by atoms with Gasteiger partial charge in [-0.3, -0.25) is 29.0 Å². The Balaban J connectivity index is 1.35. The minimum absolute atomic E-state index is 0.133. The average molecular weight is 839 g/mol. The number of aromatic nitrogens is 1. The van der Waals surface area contributed by atoms with Gasteiger partial charge in [-0.15, -0.1) is 0 Å². The first kappa shape index (κ1) is 42.7. The fourth-order valence-corrected chi connectivity index (χ4v) is 7.69. The van der Waals surface area contributed by atoms with E-state index in [2.05, 4.69) is 15.6 Å². The van der Waals surface area contributed by atoms with Gasteiger partial charge in [0, 0.05) is 56.8 Å². The van der Waals surface area contributed by atoms with Gasteiger partial charge >= 0.3 is 23.9 Å². The third-order valence-corrected chi connectivity index (χ3v) is 10.5. The summed E-state index contributed by atoms with van der Waals surface area (Å²) in [6, 6.07) is 9.92. The Morgan fingerprint density at radius 2 is 1.64 bits per heavy atom. The summed E-state index contributed by atoms with van der Waals surface area (Å²) < 4.78 is 51.5. The van der Waals surface area contributed by atoms with Gasteiger partial charge in [0.25, 0.3) is 0 Å². The van der Waals surface area contributed by atoms with E-state index in [0.29, 0.717) is 41.8 Å². The lowest BCUT2D eigenvalue weighted by Gasteiger charge is -2.43. The molecular weight excluding hydrogens is 798 g/mol. The summed E-state index contributed by atoms with van der Waals surface area (Å²) in [7, 11) is 0. The number of hydrogen-bond acceptors (Lipinski definition) is 12. The van der Waals surface area contributed by atoms with Crippen molar-refractivity contribution in [2.45, 2.75) is 90.1 Å². The van der Waals surface area contributed by atoms with Crippen LogP contribution in [0.15, 0.2) is 54.7 Å². The Labute approximate surface area is 342 Å². The van der Waals surface area contributed by atoms with Crippen molar-refractivity contribution >= 4 is 64.2 Å². The Morgan fingerprint density at radius 3 is 2.32 bits per heavy atom. The Kier molecular flexibility index (Phi) is 12.9. The Hall–Kier alpha value is -5.94. The average Bonchev–Trinajstić information content (AvgIpc) is 3.16. The van der Waals surface area contributed by atoms with Crippen molar-refractivity contribution in [1.29, 1.82) is 0 Å². The predicted molar refractivity (Wildman–Crippen MR) is 206 cm³/mol. The van der Waals surface area contributed by atoms with E-state index in [0.717, 1.165) is 32.9 Å². The highest BCUT2D eigenvalue weighted by atomic mass is 35.5. The number of nitrogens with one attached hydrogen (secondary N) is 2. The van der Waals surface area contributed by atoms with Gasteiger partial charge in [0.15, 0.2) is 36.5 Å². The number of pyridine rings is 1. The number of carboxylic acid groups (broad SMARTS) is 1. The third-order valence-electron chi connectivity index (χ3n) is 10.2. The molecule has 1 fully saturated rings. The SMILES string of the molecule is CC(=O)O[C@H]1[C@H](OC(C)=O)[C@@H](OC(C)=O)C(Nc2ccc3c(c2)NC(=O)[C@H](C)CCC[C@H](N2CCC(c4c(F)ccc(Cl)c4F)=CC2=O)c2cc-3ccn2)O[C@@H]1C(=O)O. The topological polar surface area (TPSA) is 200 Å². The van der Waals surface area contributed by atoms with Crippen LogP contribution in [0.3, 0.4) is 0 Å². The molecule has 2 bridgehead atoms. The van der Waals surface area contributed by atoms with Crippen LogP contribution in [0.2, 0.25) is 5.02 Å². The number of anilines is 2. The molecule has 7 atom stereocenters. The number of nitrogens with zero attached hydrogens (tertiary/aromatic N) is 2. The molecule has 6 rings (SSSR count). The van der Waals surface area contributed by atoms with Crippen molar-refractivity contribution in [2.75, 3.05) is 17.2 Å². The number of carboxylic acids is 1. The molecular formula is C41H41ClF2N4O11. The molecule has 2 aromatic carbocycles. The van der Waals surface area contributed by atoms with Crippen LogP contribution < -0.4 is 10.6 Å². The van der Waals surface area contributed by atoms with E-state index in [1.807, 2.05) is 0 Å². The van der Waals surface area contributed by atoms with Crippen LogP contribution >= 0.6 is 11.6 Å². The highest BCUT2D eigenvalue weighted by molar-refractivity contribution is 6.31. The van der Waals surface area contributed by atoms with Crippen LogP contribution in [0.1, 0.15) is 70.7 Å². The first-order chi connectivity index (χ1) is 28.0. The maximum absolute atomic E-state index is 14.9. The minimum Gasteiger partial charge on any atom is -0.479 e. The molecule has 59 heavy (non-hydrogen) atoms. The number of halogens is 3. The van der Waals surface area contributed by atoms with E-state index in [-0.39, 0.29) is 40.7 Å². The number of amides is 2. The van der Waals surface area contributed by atoms with E-state index < -0.39 is 84.0 Å². The number of rotatable bonds is 8. The zero-order chi connectivity index (χ0) is 42.7.